The molecule has 0 unspecified atom stereocenters. The molecule has 1 saturated heterocycles. The van der Waals surface area contributed by atoms with Crippen molar-refractivity contribution in [1.82, 2.24) is 9.62 Å². The molecule has 8 heteroatoms. The first kappa shape index (κ1) is 18.8. The minimum atomic E-state index is -3.46. The van der Waals surface area contributed by atoms with Crippen LogP contribution in [0.2, 0.25) is 0 Å². The van der Waals surface area contributed by atoms with Crippen molar-refractivity contribution in [3.63, 3.8) is 0 Å². The lowest BCUT2D eigenvalue weighted by Gasteiger charge is -2.35. The zero-order valence-corrected chi connectivity index (χ0v) is 15.0. The van der Waals surface area contributed by atoms with Crippen molar-refractivity contribution in [2.45, 2.75) is 38.5 Å². The van der Waals surface area contributed by atoms with Crippen molar-refractivity contribution < 1.29 is 13.3 Å². The molecular weight excluding hydrogens is 330 g/mol. The van der Waals surface area contributed by atoms with Crippen molar-refractivity contribution in [1.29, 1.82) is 0 Å². The number of rotatable bonds is 7. The highest BCUT2D eigenvalue weighted by atomic mass is 32.2. The predicted molar refractivity (Wildman–Crippen MR) is 93.2 cm³/mol. The molecule has 7 nitrogen and oxygen atoms in total. The fourth-order valence-electron chi connectivity index (χ4n) is 2.99. The van der Waals surface area contributed by atoms with Crippen LogP contribution in [0.3, 0.4) is 0 Å². The van der Waals surface area contributed by atoms with Crippen LogP contribution in [-0.2, 0) is 15.8 Å². The molecule has 134 valence electrons. The van der Waals surface area contributed by atoms with Crippen LogP contribution in [0.5, 0.6) is 0 Å². The maximum Gasteiger partial charge on any atom is 0.269 e. The van der Waals surface area contributed by atoms with E-state index in [1.54, 1.807) is 0 Å². The Kier molecular flexibility index (Phi) is 6.31. The normalized spacial score (nSPS) is 20.7. The number of nitrogens with one attached hydrogen (secondary N) is 1. The minimum absolute atomic E-state index is 0.0445. The third-order valence-corrected chi connectivity index (χ3v) is 5.73. The van der Waals surface area contributed by atoms with Gasteiger partial charge >= 0.3 is 0 Å². The molecule has 1 N–H and O–H groups in total. The van der Waals surface area contributed by atoms with Gasteiger partial charge in [0.25, 0.3) is 5.69 Å². The maximum absolute atomic E-state index is 12.2. The quantitative estimate of drug-likeness (QED) is 0.597. The molecule has 1 heterocycles. The standard InChI is InChI=1S/C16H25N3O4S/c1-13-4-3-9-18(11-13)14(2)10-17-24(22,23)12-15-5-7-16(8-6-15)19(20)21/h5-8,13-14,17H,3-4,9-12H2,1-2H3/t13-,14+/m0/s1. The van der Waals surface area contributed by atoms with Crippen molar-refractivity contribution in [2.75, 3.05) is 19.6 Å². The lowest BCUT2D eigenvalue weighted by molar-refractivity contribution is -0.384. The van der Waals surface area contributed by atoms with E-state index in [9.17, 15) is 18.5 Å². The summed E-state index contributed by atoms with van der Waals surface area (Å²) >= 11 is 0. The van der Waals surface area contributed by atoms with E-state index >= 15 is 0 Å². The minimum Gasteiger partial charge on any atom is -0.299 e. The molecular formula is C16H25N3O4S. The Bertz CT molecular complexity index is 660. The number of sulfonamides is 1. The van der Waals surface area contributed by atoms with E-state index in [2.05, 4.69) is 16.5 Å². The third-order valence-electron chi connectivity index (χ3n) is 4.41. The summed E-state index contributed by atoms with van der Waals surface area (Å²) in [5, 5.41) is 10.6. The highest BCUT2D eigenvalue weighted by Gasteiger charge is 2.22. The van der Waals surface area contributed by atoms with Gasteiger partial charge in [0.15, 0.2) is 0 Å². The Morgan fingerprint density at radius 2 is 2.04 bits per heavy atom. The summed E-state index contributed by atoms with van der Waals surface area (Å²) in [4.78, 5) is 12.4. The lowest BCUT2D eigenvalue weighted by Crippen LogP contribution is -2.46. The van der Waals surface area contributed by atoms with Gasteiger partial charge in [0.1, 0.15) is 0 Å². The number of likely N-dealkylation sites (tertiary alicyclic amines) is 1. The summed E-state index contributed by atoms with van der Waals surface area (Å²) in [5.74, 6) is 0.478. The van der Waals surface area contributed by atoms with Gasteiger partial charge in [-0.1, -0.05) is 19.1 Å². The molecule has 1 aromatic rings. The van der Waals surface area contributed by atoms with Gasteiger partial charge in [-0.3, -0.25) is 15.0 Å². The van der Waals surface area contributed by atoms with E-state index in [-0.39, 0.29) is 17.5 Å². The second-order valence-corrected chi connectivity index (χ2v) is 8.43. The SMILES string of the molecule is C[C@H]1CCCN([C@H](C)CNS(=O)(=O)Cc2ccc([N+](=O)[O-])cc2)C1. The van der Waals surface area contributed by atoms with Crippen LogP contribution in [0.1, 0.15) is 32.3 Å². The van der Waals surface area contributed by atoms with Crippen LogP contribution in [-0.4, -0.2) is 43.9 Å². The molecule has 0 aliphatic carbocycles. The monoisotopic (exact) mass is 355 g/mol. The molecule has 24 heavy (non-hydrogen) atoms. The number of hydrogen-bond donors (Lipinski definition) is 1. The van der Waals surface area contributed by atoms with Crippen LogP contribution < -0.4 is 4.72 Å². The first-order valence-electron chi connectivity index (χ1n) is 8.21. The van der Waals surface area contributed by atoms with Crippen molar-refractivity contribution >= 4 is 15.7 Å². The predicted octanol–water partition coefficient (Wildman–Crippen LogP) is 2.13. The summed E-state index contributed by atoms with van der Waals surface area (Å²) in [7, 11) is -3.46. The lowest BCUT2D eigenvalue weighted by atomic mass is 9.99. The summed E-state index contributed by atoms with van der Waals surface area (Å²) < 4.78 is 27.1. The van der Waals surface area contributed by atoms with Gasteiger partial charge in [0.2, 0.25) is 10.0 Å². The number of non-ortho nitro benzene ring substituents is 1. The van der Waals surface area contributed by atoms with Gasteiger partial charge < -0.3 is 0 Å². The first-order valence-corrected chi connectivity index (χ1v) is 9.87. The molecule has 1 aromatic carbocycles. The van der Waals surface area contributed by atoms with Gasteiger partial charge in [0, 0.05) is 31.3 Å². The molecule has 2 rings (SSSR count). The van der Waals surface area contributed by atoms with Crippen LogP contribution in [0.4, 0.5) is 5.69 Å². The van der Waals surface area contributed by atoms with Crippen molar-refractivity contribution in [3.8, 4) is 0 Å². The van der Waals surface area contributed by atoms with Gasteiger partial charge in [-0.2, -0.15) is 0 Å². The van der Waals surface area contributed by atoms with Crippen molar-refractivity contribution in [3.05, 3.63) is 39.9 Å². The number of nitro benzene ring substituents is 1. The maximum atomic E-state index is 12.2. The smallest absolute Gasteiger partial charge is 0.269 e. The van der Waals surface area contributed by atoms with E-state index in [0.717, 1.165) is 19.5 Å². The first-order chi connectivity index (χ1) is 11.3. The fourth-order valence-corrected chi connectivity index (χ4v) is 4.22. The molecule has 0 aromatic heterocycles. The molecule has 0 radical (unpaired) electrons. The summed E-state index contributed by atoms with van der Waals surface area (Å²) in [6.07, 6.45) is 2.39. The number of nitrogens with zero attached hydrogens (tertiary/aromatic N) is 2. The van der Waals surface area contributed by atoms with Crippen LogP contribution >= 0.6 is 0 Å². The highest BCUT2D eigenvalue weighted by Crippen LogP contribution is 2.18. The Labute approximate surface area is 143 Å². The summed E-state index contributed by atoms with van der Waals surface area (Å²) in [6.45, 7) is 6.65. The van der Waals surface area contributed by atoms with E-state index < -0.39 is 14.9 Å². The number of nitro groups is 1. The number of piperidine rings is 1. The average Bonchev–Trinajstić information content (AvgIpc) is 2.53. The van der Waals surface area contributed by atoms with E-state index in [1.165, 1.54) is 30.7 Å². The van der Waals surface area contributed by atoms with Crippen LogP contribution in [0, 0.1) is 16.0 Å². The molecule has 0 saturated carbocycles. The van der Waals surface area contributed by atoms with E-state index in [1.807, 2.05) is 6.92 Å². The number of hydrogen-bond acceptors (Lipinski definition) is 5. The molecule has 1 fully saturated rings. The Morgan fingerprint density at radius 1 is 1.38 bits per heavy atom. The van der Waals surface area contributed by atoms with Gasteiger partial charge in [-0.15, -0.1) is 0 Å². The molecule has 2 atom stereocenters. The topological polar surface area (TPSA) is 92.6 Å². The zero-order valence-electron chi connectivity index (χ0n) is 14.1. The Hall–Kier alpha value is -1.51. The van der Waals surface area contributed by atoms with E-state index in [0.29, 0.717) is 18.0 Å². The third kappa shape index (κ3) is 5.54. The van der Waals surface area contributed by atoms with Crippen LogP contribution in [0.15, 0.2) is 24.3 Å². The second kappa shape index (κ2) is 8.04. The molecule has 0 amide bonds. The Morgan fingerprint density at radius 3 is 2.62 bits per heavy atom. The summed E-state index contributed by atoms with van der Waals surface area (Å²) in [5.41, 5.74) is 0.490. The largest absolute Gasteiger partial charge is 0.299 e. The molecule has 0 bridgehead atoms. The van der Waals surface area contributed by atoms with Gasteiger partial charge in [-0.05, 0) is 37.8 Å². The molecule has 1 aliphatic heterocycles. The Balaban J connectivity index is 1.87. The zero-order chi connectivity index (χ0) is 17.7. The van der Waals surface area contributed by atoms with Crippen LogP contribution in [0.25, 0.3) is 0 Å². The second-order valence-electron chi connectivity index (χ2n) is 6.62. The van der Waals surface area contributed by atoms with Gasteiger partial charge in [0.05, 0.1) is 10.7 Å². The molecule has 0 spiro atoms. The average molecular weight is 355 g/mol. The number of benzene rings is 1. The van der Waals surface area contributed by atoms with Gasteiger partial charge in [-0.25, -0.2) is 13.1 Å². The summed E-state index contributed by atoms with van der Waals surface area (Å²) in [6, 6.07) is 5.75. The van der Waals surface area contributed by atoms with E-state index in [4.69, 9.17) is 0 Å². The molecule has 1 aliphatic rings. The highest BCUT2D eigenvalue weighted by molar-refractivity contribution is 7.88. The fraction of sp³-hybridized carbons (Fsp3) is 0.625. The van der Waals surface area contributed by atoms with Crippen molar-refractivity contribution in [2.24, 2.45) is 5.92 Å².